The third-order valence-electron chi connectivity index (χ3n) is 5.89. The Morgan fingerprint density at radius 1 is 1.06 bits per heavy atom. The fraction of sp³-hybridized carbons (Fsp3) is 0.440. The number of ether oxygens (including phenoxy) is 2. The molecule has 0 saturated heterocycles. The highest BCUT2D eigenvalue weighted by Crippen LogP contribution is 2.20. The first-order valence-corrected chi connectivity index (χ1v) is 10.9. The molecule has 0 aliphatic heterocycles. The van der Waals surface area contributed by atoms with Crippen LogP contribution in [0.2, 0.25) is 0 Å². The van der Waals surface area contributed by atoms with E-state index >= 15 is 0 Å². The van der Waals surface area contributed by atoms with Crippen molar-refractivity contribution in [2.45, 2.75) is 58.2 Å². The number of hydrogen-bond acceptors (Lipinski definition) is 4. The van der Waals surface area contributed by atoms with Gasteiger partial charge in [0.15, 0.2) is 6.61 Å². The van der Waals surface area contributed by atoms with E-state index in [-0.39, 0.29) is 24.5 Å². The van der Waals surface area contributed by atoms with Gasteiger partial charge in [-0.3, -0.25) is 9.59 Å². The average Bonchev–Trinajstić information content (AvgIpc) is 3.30. The predicted molar refractivity (Wildman–Crippen MR) is 120 cm³/mol. The van der Waals surface area contributed by atoms with Gasteiger partial charge in [0, 0.05) is 12.6 Å². The molecule has 2 amide bonds. The zero-order chi connectivity index (χ0) is 22.2. The van der Waals surface area contributed by atoms with Crippen molar-refractivity contribution in [3.8, 4) is 11.5 Å². The van der Waals surface area contributed by atoms with E-state index < -0.39 is 6.04 Å². The molecule has 1 aliphatic carbocycles. The Morgan fingerprint density at radius 3 is 2.35 bits per heavy atom. The average molecular weight is 425 g/mol. The summed E-state index contributed by atoms with van der Waals surface area (Å²) >= 11 is 0. The van der Waals surface area contributed by atoms with Gasteiger partial charge in [-0.05, 0) is 62.1 Å². The maximum absolute atomic E-state index is 13.1. The van der Waals surface area contributed by atoms with Gasteiger partial charge in [0.25, 0.3) is 5.91 Å². The van der Waals surface area contributed by atoms with Gasteiger partial charge in [0.2, 0.25) is 5.91 Å². The molecule has 1 saturated carbocycles. The lowest BCUT2D eigenvalue weighted by Crippen LogP contribution is -2.50. The molecule has 6 nitrogen and oxygen atoms in total. The Balaban J connectivity index is 1.70. The van der Waals surface area contributed by atoms with E-state index in [1.807, 2.05) is 31.2 Å². The number of amides is 2. The smallest absolute Gasteiger partial charge is 0.261 e. The number of carbonyl (C=O) groups is 2. The van der Waals surface area contributed by atoms with Gasteiger partial charge in [-0.2, -0.15) is 0 Å². The lowest BCUT2D eigenvalue weighted by molar-refractivity contribution is -0.142. The van der Waals surface area contributed by atoms with Crippen LogP contribution in [0.1, 0.15) is 43.7 Å². The first-order valence-electron chi connectivity index (χ1n) is 10.9. The summed E-state index contributed by atoms with van der Waals surface area (Å²) in [5.41, 5.74) is 2.10. The molecule has 1 aliphatic rings. The predicted octanol–water partition coefficient (Wildman–Crippen LogP) is 3.86. The van der Waals surface area contributed by atoms with E-state index in [4.69, 9.17) is 9.47 Å². The minimum absolute atomic E-state index is 0.113. The van der Waals surface area contributed by atoms with Gasteiger partial charge >= 0.3 is 0 Å². The quantitative estimate of drug-likeness (QED) is 0.664. The molecule has 166 valence electrons. The Kier molecular flexibility index (Phi) is 7.93. The number of aryl methyl sites for hydroxylation is 1. The maximum Gasteiger partial charge on any atom is 0.261 e. The third kappa shape index (κ3) is 6.23. The third-order valence-corrected chi connectivity index (χ3v) is 5.89. The fourth-order valence-corrected chi connectivity index (χ4v) is 3.85. The number of methoxy groups -OCH3 is 1. The molecule has 0 spiro atoms. The first kappa shape index (κ1) is 22.7. The molecule has 0 bridgehead atoms. The second-order valence-electron chi connectivity index (χ2n) is 8.08. The molecule has 0 radical (unpaired) electrons. The van der Waals surface area contributed by atoms with Crippen molar-refractivity contribution in [2.24, 2.45) is 0 Å². The number of nitrogens with zero attached hydrogens (tertiary/aromatic N) is 1. The van der Waals surface area contributed by atoms with Crippen LogP contribution >= 0.6 is 0 Å². The van der Waals surface area contributed by atoms with Crippen LogP contribution in [0.15, 0.2) is 48.5 Å². The normalized spacial score (nSPS) is 14.7. The van der Waals surface area contributed by atoms with Gasteiger partial charge in [0.1, 0.15) is 17.5 Å². The van der Waals surface area contributed by atoms with Crippen LogP contribution in [0.3, 0.4) is 0 Å². The fourth-order valence-electron chi connectivity index (χ4n) is 3.85. The van der Waals surface area contributed by atoms with Gasteiger partial charge in [-0.15, -0.1) is 0 Å². The highest BCUT2D eigenvalue weighted by atomic mass is 16.5. The molecular weight excluding hydrogens is 392 g/mol. The first-order chi connectivity index (χ1) is 15.0. The Bertz CT molecular complexity index is 875. The molecule has 6 heteroatoms. The van der Waals surface area contributed by atoms with E-state index in [1.54, 1.807) is 43.2 Å². The highest BCUT2D eigenvalue weighted by molar-refractivity contribution is 5.88. The van der Waals surface area contributed by atoms with Crippen molar-refractivity contribution >= 4 is 11.8 Å². The van der Waals surface area contributed by atoms with Crippen LogP contribution in [-0.2, 0) is 16.1 Å². The van der Waals surface area contributed by atoms with Crippen LogP contribution in [0, 0.1) is 6.92 Å². The summed E-state index contributed by atoms with van der Waals surface area (Å²) in [6.07, 6.45) is 4.29. The van der Waals surface area contributed by atoms with E-state index in [0.717, 1.165) is 42.6 Å². The Labute approximate surface area is 184 Å². The summed E-state index contributed by atoms with van der Waals surface area (Å²) < 4.78 is 10.8. The topological polar surface area (TPSA) is 67.9 Å². The van der Waals surface area contributed by atoms with Crippen LogP contribution in [0.25, 0.3) is 0 Å². The number of nitrogens with one attached hydrogen (secondary N) is 1. The minimum Gasteiger partial charge on any atom is -0.497 e. The van der Waals surface area contributed by atoms with Gasteiger partial charge < -0.3 is 19.7 Å². The molecule has 1 atom stereocenters. The second-order valence-corrected chi connectivity index (χ2v) is 8.08. The largest absolute Gasteiger partial charge is 0.497 e. The molecule has 2 aromatic carbocycles. The Hall–Kier alpha value is -3.02. The summed E-state index contributed by atoms with van der Waals surface area (Å²) in [5.74, 6) is 0.955. The van der Waals surface area contributed by atoms with Gasteiger partial charge in [0.05, 0.1) is 7.11 Å². The maximum atomic E-state index is 13.1. The SMILES string of the molecule is COc1ccc(OCC(=O)N(Cc2ccccc2C)[C@H](C)C(=O)NC2CCCC2)cc1. The van der Waals surface area contributed by atoms with Crippen molar-refractivity contribution in [1.82, 2.24) is 10.2 Å². The van der Waals surface area contributed by atoms with Crippen LogP contribution in [-0.4, -0.2) is 42.5 Å². The number of rotatable bonds is 9. The molecule has 1 fully saturated rings. The molecule has 1 N–H and O–H groups in total. The van der Waals surface area contributed by atoms with Crippen LogP contribution < -0.4 is 14.8 Å². The van der Waals surface area contributed by atoms with E-state index in [9.17, 15) is 9.59 Å². The summed E-state index contributed by atoms with van der Waals surface area (Å²) in [5, 5.41) is 3.11. The number of carbonyl (C=O) groups excluding carboxylic acids is 2. The Morgan fingerprint density at radius 2 is 1.71 bits per heavy atom. The van der Waals surface area contributed by atoms with Gasteiger partial charge in [-0.1, -0.05) is 37.1 Å². The van der Waals surface area contributed by atoms with Crippen LogP contribution in [0.5, 0.6) is 11.5 Å². The molecule has 3 rings (SSSR count). The molecule has 0 heterocycles. The van der Waals surface area contributed by atoms with Crippen LogP contribution in [0.4, 0.5) is 0 Å². The summed E-state index contributed by atoms with van der Waals surface area (Å²) in [4.78, 5) is 27.6. The summed E-state index contributed by atoms with van der Waals surface area (Å²) in [6.45, 7) is 4.01. The van der Waals surface area contributed by atoms with E-state index in [2.05, 4.69) is 5.32 Å². The van der Waals surface area contributed by atoms with Crippen molar-refractivity contribution < 1.29 is 19.1 Å². The molecular formula is C25H32N2O4. The van der Waals surface area contributed by atoms with Gasteiger partial charge in [-0.25, -0.2) is 0 Å². The van der Waals surface area contributed by atoms with E-state index in [0.29, 0.717) is 12.3 Å². The molecule has 31 heavy (non-hydrogen) atoms. The van der Waals surface area contributed by atoms with Crippen molar-refractivity contribution in [1.29, 1.82) is 0 Å². The second kappa shape index (κ2) is 10.8. The van der Waals surface area contributed by atoms with Crippen molar-refractivity contribution in [2.75, 3.05) is 13.7 Å². The van der Waals surface area contributed by atoms with Crippen molar-refractivity contribution in [3.05, 3.63) is 59.7 Å². The number of benzene rings is 2. The zero-order valence-corrected chi connectivity index (χ0v) is 18.6. The zero-order valence-electron chi connectivity index (χ0n) is 18.6. The lowest BCUT2D eigenvalue weighted by atomic mass is 10.1. The lowest BCUT2D eigenvalue weighted by Gasteiger charge is -2.30. The number of hydrogen-bond donors (Lipinski definition) is 1. The monoisotopic (exact) mass is 424 g/mol. The standard InChI is InChI=1S/C25H32N2O4/c1-18-8-4-5-9-20(18)16-27(19(2)25(29)26-21-10-6-7-11-21)24(28)17-31-23-14-12-22(30-3)13-15-23/h4-5,8-9,12-15,19,21H,6-7,10-11,16-17H2,1-3H3,(H,26,29)/t19-/m1/s1. The highest BCUT2D eigenvalue weighted by Gasteiger charge is 2.29. The van der Waals surface area contributed by atoms with Crippen molar-refractivity contribution in [3.63, 3.8) is 0 Å². The molecule has 2 aromatic rings. The van der Waals surface area contributed by atoms with E-state index in [1.165, 1.54) is 0 Å². The molecule has 0 aromatic heterocycles. The summed E-state index contributed by atoms with van der Waals surface area (Å²) in [6, 6.07) is 14.6. The minimum atomic E-state index is -0.591. The molecule has 0 unspecified atom stereocenters. The summed E-state index contributed by atoms with van der Waals surface area (Å²) in [7, 11) is 1.60.